The fourth-order valence-corrected chi connectivity index (χ4v) is 6.13. The van der Waals surface area contributed by atoms with Crippen LogP contribution in [0.4, 0.5) is 0 Å². The molecule has 0 fully saturated rings. The summed E-state index contributed by atoms with van der Waals surface area (Å²) in [5, 5.41) is 7.46. The van der Waals surface area contributed by atoms with Crippen molar-refractivity contribution in [3.63, 3.8) is 0 Å². The lowest BCUT2D eigenvalue weighted by atomic mass is 9.88. The van der Waals surface area contributed by atoms with Gasteiger partial charge in [0, 0.05) is 4.47 Å². The quantitative estimate of drug-likeness (QED) is 0.198. The van der Waals surface area contributed by atoms with Gasteiger partial charge in [0.25, 0.3) is 0 Å². The molecule has 37 heavy (non-hydrogen) atoms. The van der Waals surface area contributed by atoms with E-state index in [-0.39, 0.29) is 0 Å². The van der Waals surface area contributed by atoms with Gasteiger partial charge in [0.05, 0.1) is 0 Å². The lowest BCUT2D eigenvalue weighted by molar-refractivity contribution is 1.63. The highest BCUT2D eigenvalue weighted by Gasteiger charge is 2.16. The Labute approximate surface area is 225 Å². The Hall–Kier alpha value is -4.20. The molecule has 7 rings (SSSR count). The molecule has 0 atom stereocenters. The van der Waals surface area contributed by atoms with Gasteiger partial charge in [-0.1, -0.05) is 121 Å². The molecule has 0 aromatic heterocycles. The fraction of sp³-hybridized carbons (Fsp3) is 0. The first-order chi connectivity index (χ1) is 18.3. The van der Waals surface area contributed by atoms with Crippen LogP contribution in [-0.2, 0) is 0 Å². The summed E-state index contributed by atoms with van der Waals surface area (Å²) in [6.07, 6.45) is 0. The first-order valence-electron chi connectivity index (χ1n) is 12.6. The molecule has 0 saturated heterocycles. The minimum Gasteiger partial charge on any atom is -0.0622 e. The Morgan fingerprint density at radius 3 is 1.54 bits per heavy atom. The van der Waals surface area contributed by atoms with Gasteiger partial charge in [-0.2, -0.15) is 0 Å². The Morgan fingerprint density at radius 2 is 0.865 bits per heavy atom. The highest BCUT2D eigenvalue weighted by molar-refractivity contribution is 9.10. The first kappa shape index (κ1) is 22.0. The molecule has 0 aliphatic rings. The summed E-state index contributed by atoms with van der Waals surface area (Å²) >= 11 is 4.02. The van der Waals surface area contributed by atoms with Crippen LogP contribution in [0.1, 0.15) is 0 Å². The lowest BCUT2D eigenvalue weighted by Gasteiger charge is -2.17. The molecule has 0 bridgehead atoms. The van der Waals surface area contributed by atoms with Crippen LogP contribution in [0.3, 0.4) is 0 Å². The smallest absolute Gasteiger partial charge is 0.0332 e. The Kier molecular flexibility index (Phi) is 5.38. The molecule has 0 unspecified atom stereocenters. The third-order valence-electron chi connectivity index (χ3n) is 7.30. The summed E-state index contributed by atoms with van der Waals surface area (Å²) in [5.41, 5.74) is 7.41. The molecule has 0 N–H and O–H groups in total. The molecule has 0 nitrogen and oxygen atoms in total. The van der Waals surface area contributed by atoms with E-state index in [1.807, 2.05) is 0 Å². The molecule has 0 aliphatic carbocycles. The summed E-state index contributed by atoms with van der Waals surface area (Å²) in [7, 11) is 0. The van der Waals surface area contributed by atoms with E-state index in [4.69, 9.17) is 0 Å². The topological polar surface area (TPSA) is 0 Å². The normalized spacial score (nSPS) is 11.4. The maximum atomic E-state index is 4.02. The van der Waals surface area contributed by atoms with Crippen LogP contribution in [0.5, 0.6) is 0 Å². The van der Waals surface area contributed by atoms with Crippen LogP contribution in [0.2, 0.25) is 0 Å². The maximum absolute atomic E-state index is 4.02. The summed E-state index contributed by atoms with van der Waals surface area (Å²) in [4.78, 5) is 0. The van der Waals surface area contributed by atoms with Gasteiger partial charge in [-0.05, 0) is 99.8 Å². The van der Waals surface area contributed by atoms with E-state index >= 15 is 0 Å². The first-order valence-corrected chi connectivity index (χ1v) is 13.3. The van der Waals surface area contributed by atoms with Gasteiger partial charge in [-0.15, -0.1) is 0 Å². The van der Waals surface area contributed by atoms with Crippen molar-refractivity contribution >= 4 is 48.2 Å². The average Bonchev–Trinajstić information content (AvgIpc) is 2.98. The van der Waals surface area contributed by atoms with Gasteiger partial charge in [-0.25, -0.2) is 0 Å². The van der Waals surface area contributed by atoms with Gasteiger partial charge in [0.1, 0.15) is 0 Å². The summed E-state index contributed by atoms with van der Waals surface area (Å²) in [5.74, 6) is 0. The third-order valence-corrected chi connectivity index (χ3v) is 8.16. The molecule has 174 valence electrons. The number of halogens is 1. The number of rotatable bonds is 3. The molecule has 0 radical (unpaired) electrons. The number of hydrogen-bond donors (Lipinski definition) is 0. The van der Waals surface area contributed by atoms with E-state index in [0.717, 1.165) is 4.47 Å². The van der Waals surface area contributed by atoms with Crippen LogP contribution in [0.25, 0.3) is 65.7 Å². The molecular formula is C36H23Br. The third kappa shape index (κ3) is 3.84. The Bertz CT molecular complexity index is 1920. The second-order valence-corrected chi connectivity index (χ2v) is 10.3. The van der Waals surface area contributed by atoms with Crippen molar-refractivity contribution < 1.29 is 0 Å². The van der Waals surface area contributed by atoms with Crippen molar-refractivity contribution in [2.24, 2.45) is 0 Å². The van der Waals surface area contributed by atoms with Gasteiger partial charge < -0.3 is 0 Å². The zero-order valence-corrected chi connectivity index (χ0v) is 21.7. The van der Waals surface area contributed by atoms with Crippen molar-refractivity contribution in [2.45, 2.75) is 0 Å². The highest BCUT2D eigenvalue weighted by atomic mass is 79.9. The summed E-state index contributed by atoms with van der Waals surface area (Å²) < 4.78 is 1.14. The molecule has 0 heterocycles. The van der Waals surface area contributed by atoms with Gasteiger partial charge in [-0.3, -0.25) is 0 Å². The summed E-state index contributed by atoms with van der Waals surface area (Å²) in [6, 6.07) is 50.4. The highest BCUT2D eigenvalue weighted by Crippen LogP contribution is 2.44. The Morgan fingerprint density at radius 1 is 0.324 bits per heavy atom. The minimum absolute atomic E-state index is 1.14. The van der Waals surface area contributed by atoms with Crippen LogP contribution in [-0.4, -0.2) is 0 Å². The van der Waals surface area contributed by atoms with E-state index in [0.29, 0.717) is 0 Å². The lowest BCUT2D eigenvalue weighted by Crippen LogP contribution is -1.90. The molecule has 0 saturated carbocycles. The van der Waals surface area contributed by atoms with Gasteiger partial charge >= 0.3 is 0 Å². The van der Waals surface area contributed by atoms with Crippen molar-refractivity contribution in [3.8, 4) is 33.4 Å². The average molecular weight is 535 g/mol. The van der Waals surface area contributed by atoms with Crippen molar-refractivity contribution in [2.75, 3.05) is 0 Å². The van der Waals surface area contributed by atoms with Crippen LogP contribution >= 0.6 is 15.9 Å². The van der Waals surface area contributed by atoms with E-state index in [9.17, 15) is 0 Å². The van der Waals surface area contributed by atoms with Gasteiger partial charge in [0.15, 0.2) is 0 Å². The molecule has 0 aliphatic heterocycles. The monoisotopic (exact) mass is 534 g/mol. The molecule has 7 aromatic carbocycles. The zero-order valence-electron chi connectivity index (χ0n) is 20.2. The van der Waals surface area contributed by atoms with E-state index in [2.05, 4.69) is 155 Å². The van der Waals surface area contributed by atoms with Crippen molar-refractivity contribution in [1.82, 2.24) is 0 Å². The van der Waals surface area contributed by atoms with Crippen LogP contribution < -0.4 is 0 Å². The molecular weight excluding hydrogens is 512 g/mol. The molecule has 0 amide bonds. The van der Waals surface area contributed by atoms with E-state index in [1.54, 1.807) is 0 Å². The molecule has 0 spiro atoms. The minimum atomic E-state index is 1.14. The maximum Gasteiger partial charge on any atom is 0.0332 e. The predicted octanol–water partition coefficient (Wildman–Crippen LogP) is 10.9. The van der Waals surface area contributed by atoms with Crippen LogP contribution in [0, 0.1) is 0 Å². The van der Waals surface area contributed by atoms with E-state index in [1.165, 1.54) is 65.7 Å². The number of hydrogen-bond acceptors (Lipinski definition) is 0. The fourth-order valence-electron chi connectivity index (χ4n) is 5.45. The predicted molar refractivity (Wildman–Crippen MR) is 163 cm³/mol. The zero-order chi connectivity index (χ0) is 24.8. The van der Waals surface area contributed by atoms with Crippen molar-refractivity contribution in [1.29, 1.82) is 0 Å². The van der Waals surface area contributed by atoms with Crippen molar-refractivity contribution in [3.05, 3.63) is 144 Å². The second kappa shape index (κ2) is 9.03. The largest absolute Gasteiger partial charge is 0.0622 e. The number of benzene rings is 7. The van der Waals surface area contributed by atoms with E-state index < -0.39 is 0 Å². The summed E-state index contributed by atoms with van der Waals surface area (Å²) in [6.45, 7) is 0. The van der Waals surface area contributed by atoms with Crippen LogP contribution in [0.15, 0.2) is 144 Å². The Balaban J connectivity index is 1.57. The molecule has 1 heteroatoms. The SMILES string of the molecule is Brc1c2cc(-c3ccccc3)ccc2c(-c2ccc3ccccc3c2)c2cc(-c3ccccc3)ccc12. The van der Waals surface area contributed by atoms with Gasteiger partial charge in [0.2, 0.25) is 0 Å². The standard InChI is InChI=1S/C36H23Br/c37-36-32-20-18-28(24-9-3-1-4-10-24)22-33(32)35(30-16-15-26-13-7-8-14-27(26)21-30)31-19-17-29(23-34(31)36)25-11-5-2-6-12-25/h1-23H. The second-order valence-electron chi connectivity index (χ2n) is 9.50. The number of fused-ring (bicyclic) bond motifs is 3. The molecule has 7 aromatic rings.